The van der Waals surface area contributed by atoms with Crippen LogP contribution in [0.2, 0.25) is 0 Å². The van der Waals surface area contributed by atoms with Crippen LogP contribution in [0, 0.1) is 25.7 Å². The van der Waals surface area contributed by atoms with E-state index in [-0.39, 0.29) is 5.91 Å². The first-order valence-corrected chi connectivity index (χ1v) is 6.69. The maximum Gasteiger partial charge on any atom is 0.259 e. The van der Waals surface area contributed by atoms with E-state index in [9.17, 15) is 4.79 Å². The summed E-state index contributed by atoms with van der Waals surface area (Å²) < 4.78 is 0. The SMILES string of the molecule is Cc1cc(C(=O)Nc2ncc(C#CCN)s2)c(C)nn1. The molecule has 0 bridgehead atoms. The van der Waals surface area contributed by atoms with Crippen molar-refractivity contribution >= 4 is 22.4 Å². The largest absolute Gasteiger partial charge is 0.320 e. The van der Waals surface area contributed by atoms with Gasteiger partial charge in [0.05, 0.1) is 34.6 Å². The molecule has 0 aromatic carbocycles. The third-order valence-corrected chi connectivity index (χ3v) is 3.21. The van der Waals surface area contributed by atoms with E-state index in [2.05, 4.69) is 32.3 Å². The number of anilines is 1. The van der Waals surface area contributed by atoms with E-state index >= 15 is 0 Å². The molecule has 0 aliphatic heterocycles. The molecule has 0 saturated carbocycles. The van der Waals surface area contributed by atoms with Gasteiger partial charge in [-0.3, -0.25) is 10.1 Å². The van der Waals surface area contributed by atoms with Gasteiger partial charge in [0.2, 0.25) is 0 Å². The Kier molecular flexibility index (Phi) is 4.40. The summed E-state index contributed by atoms with van der Waals surface area (Å²) in [4.78, 5) is 17.0. The molecule has 2 rings (SSSR count). The molecule has 0 aliphatic carbocycles. The van der Waals surface area contributed by atoms with Crippen LogP contribution in [-0.2, 0) is 0 Å². The molecule has 2 heterocycles. The molecule has 3 N–H and O–H groups in total. The molecule has 1 amide bonds. The van der Waals surface area contributed by atoms with Crippen LogP contribution in [0.25, 0.3) is 0 Å². The van der Waals surface area contributed by atoms with Crippen molar-refractivity contribution in [1.82, 2.24) is 15.2 Å². The summed E-state index contributed by atoms with van der Waals surface area (Å²) in [6, 6.07) is 1.69. The second-order valence-electron chi connectivity index (χ2n) is 3.97. The third-order valence-electron chi connectivity index (χ3n) is 2.39. The van der Waals surface area contributed by atoms with Gasteiger partial charge in [0.25, 0.3) is 5.91 Å². The lowest BCUT2D eigenvalue weighted by molar-refractivity contribution is 0.102. The molecule has 20 heavy (non-hydrogen) atoms. The fourth-order valence-corrected chi connectivity index (χ4v) is 2.16. The average molecular weight is 287 g/mol. The van der Waals surface area contributed by atoms with Crippen LogP contribution in [-0.4, -0.2) is 27.6 Å². The lowest BCUT2D eigenvalue weighted by Crippen LogP contribution is -2.14. The summed E-state index contributed by atoms with van der Waals surface area (Å²) >= 11 is 1.30. The minimum absolute atomic E-state index is 0.256. The highest BCUT2D eigenvalue weighted by Gasteiger charge is 2.13. The van der Waals surface area contributed by atoms with Crippen LogP contribution in [0.1, 0.15) is 26.6 Å². The number of hydrogen-bond acceptors (Lipinski definition) is 6. The Morgan fingerprint density at radius 2 is 2.25 bits per heavy atom. The quantitative estimate of drug-likeness (QED) is 0.807. The van der Waals surface area contributed by atoms with Gasteiger partial charge in [0, 0.05) is 0 Å². The van der Waals surface area contributed by atoms with Gasteiger partial charge in [-0.2, -0.15) is 10.2 Å². The number of rotatable bonds is 2. The third kappa shape index (κ3) is 3.38. The van der Waals surface area contributed by atoms with Gasteiger partial charge in [-0.05, 0) is 19.9 Å². The predicted octanol–water partition coefficient (Wildman–Crippen LogP) is 1.11. The molecule has 6 nitrogen and oxygen atoms in total. The molecule has 2 aromatic heterocycles. The zero-order valence-corrected chi connectivity index (χ0v) is 11.9. The Balaban J connectivity index is 2.15. The summed E-state index contributed by atoms with van der Waals surface area (Å²) in [5.74, 6) is 5.35. The van der Waals surface area contributed by atoms with Crippen molar-refractivity contribution in [2.75, 3.05) is 11.9 Å². The van der Waals surface area contributed by atoms with Crippen molar-refractivity contribution in [3.05, 3.63) is 34.1 Å². The minimum Gasteiger partial charge on any atom is -0.320 e. The number of carbonyl (C=O) groups excluding carboxylic acids is 1. The number of nitrogens with zero attached hydrogens (tertiary/aromatic N) is 3. The van der Waals surface area contributed by atoms with Gasteiger partial charge in [0.15, 0.2) is 5.13 Å². The zero-order chi connectivity index (χ0) is 14.5. The van der Waals surface area contributed by atoms with Gasteiger partial charge in [0.1, 0.15) is 0 Å². The standard InChI is InChI=1S/C13H13N5OS/c1-8-6-11(9(2)18-17-8)12(19)16-13-15-7-10(20-13)4-3-5-14/h6-7H,5,14H2,1-2H3,(H,15,16,19). The van der Waals surface area contributed by atoms with Gasteiger partial charge in [-0.15, -0.1) is 0 Å². The smallest absolute Gasteiger partial charge is 0.259 e. The highest BCUT2D eigenvalue weighted by Crippen LogP contribution is 2.18. The number of nitrogens with one attached hydrogen (secondary N) is 1. The maximum atomic E-state index is 12.1. The van der Waals surface area contributed by atoms with E-state index in [1.165, 1.54) is 11.3 Å². The Morgan fingerprint density at radius 1 is 1.45 bits per heavy atom. The van der Waals surface area contributed by atoms with Crippen LogP contribution in [0.15, 0.2) is 12.3 Å². The van der Waals surface area contributed by atoms with Crippen molar-refractivity contribution in [1.29, 1.82) is 0 Å². The number of nitrogens with two attached hydrogens (primary N) is 1. The first-order valence-electron chi connectivity index (χ1n) is 5.87. The summed E-state index contributed by atoms with van der Waals surface area (Å²) in [7, 11) is 0. The number of hydrogen-bond donors (Lipinski definition) is 2. The Labute approximate surface area is 120 Å². The van der Waals surface area contributed by atoms with Gasteiger partial charge in [-0.25, -0.2) is 4.98 Å². The lowest BCUT2D eigenvalue weighted by Gasteiger charge is -2.04. The van der Waals surface area contributed by atoms with E-state index in [1.807, 2.05) is 0 Å². The minimum atomic E-state index is -0.256. The van der Waals surface area contributed by atoms with Gasteiger partial charge >= 0.3 is 0 Å². The van der Waals surface area contributed by atoms with E-state index < -0.39 is 0 Å². The van der Waals surface area contributed by atoms with E-state index in [0.29, 0.717) is 28.6 Å². The number of amides is 1. The summed E-state index contributed by atoms with van der Waals surface area (Å²) in [5, 5.41) is 11.0. The van der Waals surface area contributed by atoms with Crippen LogP contribution in [0.5, 0.6) is 0 Å². The van der Waals surface area contributed by atoms with Crippen molar-refractivity contribution in [2.45, 2.75) is 13.8 Å². The molecule has 102 valence electrons. The van der Waals surface area contributed by atoms with Gasteiger partial charge in [-0.1, -0.05) is 23.2 Å². The number of thiazole rings is 1. The molecule has 0 aliphatic rings. The summed E-state index contributed by atoms with van der Waals surface area (Å²) in [6.45, 7) is 3.81. The number of aromatic nitrogens is 3. The molecule has 0 radical (unpaired) electrons. The van der Waals surface area contributed by atoms with E-state index in [1.54, 1.807) is 26.1 Å². The Morgan fingerprint density at radius 3 is 3.00 bits per heavy atom. The lowest BCUT2D eigenvalue weighted by atomic mass is 10.2. The molecular weight excluding hydrogens is 274 g/mol. The Bertz CT molecular complexity index is 698. The normalized spacial score (nSPS) is 9.75. The second kappa shape index (κ2) is 6.23. The average Bonchev–Trinajstić information content (AvgIpc) is 2.86. The van der Waals surface area contributed by atoms with Crippen LogP contribution >= 0.6 is 11.3 Å². The highest BCUT2D eigenvalue weighted by molar-refractivity contribution is 7.16. The van der Waals surface area contributed by atoms with Crippen LogP contribution < -0.4 is 11.1 Å². The molecular formula is C13H13N5OS. The molecule has 0 atom stereocenters. The fourth-order valence-electron chi connectivity index (χ4n) is 1.47. The Hall–Kier alpha value is -2.30. The van der Waals surface area contributed by atoms with Crippen molar-refractivity contribution < 1.29 is 4.79 Å². The molecule has 0 spiro atoms. The molecule has 7 heteroatoms. The van der Waals surface area contributed by atoms with Crippen molar-refractivity contribution in [3.8, 4) is 11.8 Å². The first kappa shape index (κ1) is 14.1. The zero-order valence-electron chi connectivity index (χ0n) is 11.1. The topological polar surface area (TPSA) is 93.8 Å². The predicted molar refractivity (Wildman–Crippen MR) is 77.5 cm³/mol. The molecule has 2 aromatic rings. The van der Waals surface area contributed by atoms with E-state index in [4.69, 9.17) is 5.73 Å². The van der Waals surface area contributed by atoms with Crippen LogP contribution in [0.3, 0.4) is 0 Å². The number of aryl methyl sites for hydroxylation is 2. The first-order chi connectivity index (χ1) is 9.60. The van der Waals surface area contributed by atoms with Gasteiger partial charge < -0.3 is 5.73 Å². The maximum absolute atomic E-state index is 12.1. The summed E-state index contributed by atoms with van der Waals surface area (Å²) in [5.41, 5.74) is 7.05. The fraction of sp³-hybridized carbons (Fsp3) is 0.231. The molecule has 0 fully saturated rings. The molecule has 0 unspecified atom stereocenters. The van der Waals surface area contributed by atoms with Crippen molar-refractivity contribution in [2.24, 2.45) is 5.73 Å². The summed E-state index contributed by atoms with van der Waals surface area (Å²) in [6.07, 6.45) is 1.60. The monoisotopic (exact) mass is 287 g/mol. The molecule has 0 saturated heterocycles. The van der Waals surface area contributed by atoms with Crippen LogP contribution in [0.4, 0.5) is 5.13 Å². The second-order valence-corrected chi connectivity index (χ2v) is 5.01. The highest BCUT2D eigenvalue weighted by atomic mass is 32.1. The number of carbonyl (C=O) groups is 1. The van der Waals surface area contributed by atoms with Crippen molar-refractivity contribution in [3.63, 3.8) is 0 Å². The van der Waals surface area contributed by atoms with E-state index in [0.717, 1.165) is 4.88 Å².